The van der Waals surface area contributed by atoms with E-state index >= 15 is 0 Å². The number of hydrogen-bond acceptors (Lipinski definition) is 1. The first kappa shape index (κ1) is 33.0. The Morgan fingerprint density at radius 3 is 1.69 bits per heavy atom. The minimum absolute atomic E-state index is 0.164. The van der Waals surface area contributed by atoms with Crippen molar-refractivity contribution in [2.24, 2.45) is 15.7 Å². The van der Waals surface area contributed by atoms with Crippen molar-refractivity contribution in [2.75, 3.05) is 0 Å². The van der Waals surface area contributed by atoms with Crippen molar-refractivity contribution < 1.29 is 0 Å². The molecule has 0 saturated carbocycles. The van der Waals surface area contributed by atoms with Crippen LogP contribution in [0.5, 0.6) is 0 Å². The lowest BCUT2D eigenvalue weighted by molar-refractivity contribution is 0.667. The van der Waals surface area contributed by atoms with Crippen LogP contribution in [0.3, 0.4) is 0 Å². The number of aliphatic imine (C=N–C) groups is 2. The minimum atomic E-state index is -0.164. The highest BCUT2D eigenvalue weighted by Gasteiger charge is 2.38. The maximum absolute atomic E-state index is 6.74. The van der Waals surface area contributed by atoms with Gasteiger partial charge in [0, 0.05) is 16.5 Å². The number of hydrogen-bond donors (Lipinski definition) is 1. The van der Waals surface area contributed by atoms with Gasteiger partial charge in [-0.05, 0) is 89.8 Å². The topological polar surface area (TPSA) is 50.7 Å². The quantitative estimate of drug-likeness (QED) is 0.105. The highest BCUT2D eigenvalue weighted by Crippen LogP contribution is 2.55. The fraction of sp³-hybridized carbons (Fsp3) is 0.0588. The van der Waals surface area contributed by atoms with Crippen molar-refractivity contribution in [2.45, 2.75) is 19.3 Å². The molecule has 0 heterocycles. The number of nitrogens with zero attached hydrogens (tertiary/aromatic N) is 2. The first-order valence-corrected chi connectivity index (χ1v) is 18.4. The van der Waals surface area contributed by atoms with Crippen LogP contribution in [-0.2, 0) is 5.41 Å². The van der Waals surface area contributed by atoms with E-state index in [0.717, 1.165) is 27.8 Å². The van der Waals surface area contributed by atoms with Crippen LogP contribution >= 0.6 is 0 Å². The number of benzene rings is 8. The second-order valence-corrected chi connectivity index (χ2v) is 14.5. The summed E-state index contributed by atoms with van der Waals surface area (Å²) >= 11 is 0. The number of nitrogens with two attached hydrogens (primary N) is 1. The van der Waals surface area contributed by atoms with Gasteiger partial charge in [-0.2, -0.15) is 0 Å². The van der Waals surface area contributed by atoms with Crippen molar-refractivity contribution in [3.8, 4) is 33.4 Å². The smallest absolute Gasteiger partial charge is 0.162 e. The van der Waals surface area contributed by atoms with Crippen LogP contribution in [-0.4, -0.2) is 11.7 Å². The van der Waals surface area contributed by atoms with E-state index in [1.165, 1.54) is 54.9 Å². The van der Waals surface area contributed by atoms with Gasteiger partial charge in [-0.25, -0.2) is 9.98 Å². The van der Waals surface area contributed by atoms with Gasteiger partial charge >= 0.3 is 0 Å². The van der Waals surface area contributed by atoms with Crippen LogP contribution in [0.2, 0.25) is 0 Å². The van der Waals surface area contributed by atoms with Crippen molar-refractivity contribution in [1.82, 2.24) is 0 Å². The molecule has 0 spiro atoms. The van der Waals surface area contributed by atoms with E-state index in [1.807, 2.05) is 72.8 Å². The number of amidine groups is 2. The van der Waals surface area contributed by atoms with Crippen molar-refractivity contribution in [3.05, 3.63) is 210 Å². The number of rotatable bonds is 6. The highest BCUT2D eigenvalue weighted by atomic mass is 15.0. The van der Waals surface area contributed by atoms with E-state index < -0.39 is 0 Å². The Balaban J connectivity index is 1.07. The average Bonchev–Trinajstić information content (AvgIpc) is 3.47. The third kappa shape index (κ3) is 5.71. The molecule has 9 rings (SSSR count). The number of fused-ring (bicyclic) bond motifs is 8. The molecule has 0 aromatic heterocycles. The van der Waals surface area contributed by atoms with E-state index in [1.54, 1.807) is 0 Å². The molecule has 0 aliphatic heterocycles. The third-order valence-electron chi connectivity index (χ3n) is 10.8. The summed E-state index contributed by atoms with van der Waals surface area (Å²) in [6.45, 7) is 8.98. The molecule has 1 aliphatic carbocycles. The molecule has 0 bridgehead atoms. The van der Waals surface area contributed by atoms with Gasteiger partial charge in [-0.1, -0.05) is 178 Å². The van der Waals surface area contributed by atoms with E-state index in [-0.39, 0.29) is 5.41 Å². The average molecular weight is 694 g/mol. The zero-order valence-electron chi connectivity index (χ0n) is 30.4. The van der Waals surface area contributed by atoms with Gasteiger partial charge < -0.3 is 5.73 Å². The minimum Gasteiger partial charge on any atom is -0.383 e. The summed E-state index contributed by atoms with van der Waals surface area (Å²) in [5, 5.41) is 5.27. The fourth-order valence-electron chi connectivity index (χ4n) is 8.14. The maximum atomic E-state index is 6.74. The Morgan fingerprint density at radius 2 is 1.00 bits per heavy atom. The normalized spacial score (nSPS) is 13.5. The van der Waals surface area contributed by atoms with E-state index in [2.05, 4.69) is 124 Å². The van der Waals surface area contributed by atoms with Gasteiger partial charge in [0.2, 0.25) is 0 Å². The van der Waals surface area contributed by atoms with E-state index in [9.17, 15) is 0 Å². The van der Waals surface area contributed by atoms with E-state index in [0.29, 0.717) is 17.4 Å². The molecular formula is C51H39N3. The third-order valence-corrected chi connectivity index (χ3v) is 10.8. The summed E-state index contributed by atoms with van der Waals surface area (Å²) in [6, 6.07) is 61.6. The predicted octanol–water partition coefficient (Wildman–Crippen LogP) is 12.5. The summed E-state index contributed by atoms with van der Waals surface area (Å²) in [7, 11) is 0. The van der Waals surface area contributed by atoms with Crippen molar-refractivity contribution in [3.63, 3.8) is 0 Å². The van der Waals surface area contributed by atoms with Gasteiger partial charge in [-0.15, -0.1) is 0 Å². The first-order chi connectivity index (χ1) is 26.4. The van der Waals surface area contributed by atoms with Gasteiger partial charge in [-0.3, -0.25) is 0 Å². The first-order valence-electron chi connectivity index (χ1n) is 18.4. The lowest BCUT2D eigenvalue weighted by Gasteiger charge is -2.24. The van der Waals surface area contributed by atoms with Crippen molar-refractivity contribution >= 4 is 38.9 Å². The summed E-state index contributed by atoms with van der Waals surface area (Å²) < 4.78 is 0. The predicted molar refractivity (Wildman–Crippen MR) is 229 cm³/mol. The van der Waals surface area contributed by atoms with Crippen molar-refractivity contribution in [1.29, 1.82) is 0 Å². The molecule has 3 nitrogen and oxygen atoms in total. The van der Waals surface area contributed by atoms with E-state index in [4.69, 9.17) is 15.7 Å². The Kier molecular flexibility index (Phi) is 8.13. The molecule has 3 heteroatoms. The Morgan fingerprint density at radius 1 is 0.481 bits per heavy atom. The summed E-state index contributed by atoms with van der Waals surface area (Å²) in [5.74, 6) is 0.897. The van der Waals surface area contributed by atoms with Gasteiger partial charge in [0.25, 0.3) is 0 Å². The highest BCUT2D eigenvalue weighted by molar-refractivity contribution is 6.18. The second-order valence-electron chi connectivity index (χ2n) is 14.5. The lowest BCUT2D eigenvalue weighted by atomic mass is 9.78. The standard InChI is InChI=1S/C51H39N3/c1-33(34-16-6-4-7-17-34)53-50(35-18-8-5-9-19-35)54-49(52)40-23-15-22-38(31-40)36-20-14-21-37(30-36)39-28-29-45-46(32-39)51(2,3)48-44-27-13-11-25-42(44)41-24-10-12-26-43(41)47(45)48/h4-32H,1H2,2-3H3,(H2,52,53,54). The molecular weight excluding hydrogens is 655 g/mol. The fourth-order valence-corrected chi connectivity index (χ4v) is 8.14. The van der Waals surface area contributed by atoms with Crippen LogP contribution in [0.15, 0.2) is 192 Å². The lowest BCUT2D eigenvalue weighted by Crippen LogP contribution is -2.16. The van der Waals surface area contributed by atoms with Crippen LogP contribution in [0.1, 0.15) is 41.7 Å². The van der Waals surface area contributed by atoms with Crippen LogP contribution < -0.4 is 5.73 Å². The molecule has 8 aromatic rings. The largest absolute Gasteiger partial charge is 0.383 e. The molecule has 0 unspecified atom stereocenters. The summed E-state index contributed by atoms with van der Waals surface area (Å²) in [4.78, 5) is 9.71. The summed E-state index contributed by atoms with van der Waals surface area (Å²) in [6.07, 6.45) is 0. The summed E-state index contributed by atoms with van der Waals surface area (Å²) in [5.41, 5.74) is 19.8. The van der Waals surface area contributed by atoms with Gasteiger partial charge in [0.15, 0.2) is 5.84 Å². The van der Waals surface area contributed by atoms with Crippen LogP contribution in [0.25, 0.3) is 60.6 Å². The zero-order valence-corrected chi connectivity index (χ0v) is 30.4. The second kappa shape index (κ2) is 13.3. The van der Waals surface area contributed by atoms with Crippen LogP contribution in [0.4, 0.5) is 0 Å². The molecule has 0 radical (unpaired) electrons. The molecule has 0 atom stereocenters. The maximum Gasteiger partial charge on any atom is 0.162 e. The SMILES string of the molecule is C=C(/N=C(\N=C(/N)c1cccc(-c2cccc(-c3ccc4c(c3)C(C)(C)c3c-4c4ccccc4c4ccccc34)c2)c1)c1ccccc1)c1ccccc1. The molecule has 0 amide bonds. The molecule has 0 saturated heterocycles. The molecule has 1 aliphatic rings. The molecule has 2 N–H and O–H groups in total. The molecule has 258 valence electrons. The molecule has 54 heavy (non-hydrogen) atoms. The monoisotopic (exact) mass is 693 g/mol. The van der Waals surface area contributed by atoms with Gasteiger partial charge in [0.1, 0.15) is 5.84 Å². The Labute approximate surface area is 316 Å². The molecule has 8 aromatic carbocycles. The Bertz CT molecular complexity index is 2810. The Hall–Kier alpha value is -6.84. The zero-order chi connectivity index (χ0) is 36.8. The molecule has 0 fully saturated rings. The van der Waals surface area contributed by atoms with Crippen LogP contribution in [0, 0.1) is 0 Å². The van der Waals surface area contributed by atoms with Gasteiger partial charge in [0.05, 0.1) is 5.70 Å².